The van der Waals surface area contributed by atoms with E-state index in [1.54, 1.807) is 6.07 Å². The molecule has 1 rings (SSSR count). The number of phenols is 2. The third-order valence-electron chi connectivity index (χ3n) is 2.35. The van der Waals surface area contributed by atoms with Gasteiger partial charge in [-0.3, -0.25) is 0 Å². The summed E-state index contributed by atoms with van der Waals surface area (Å²) in [7, 11) is 0. The predicted octanol–water partition coefficient (Wildman–Crippen LogP) is 2.70. The highest BCUT2D eigenvalue weighted by Gasteiger charge is 2.01. The van der Waals surface area contributed by atoms with Gasteiger partial charge < -0.3 is 14.9 Å². The van der Waals surface area contributed by atoms with E-state index in [0.717, 1.165) is 6.42 Å². The lowest BCUT2D eigenvalue weighted by Gasteiger charge is -2.04. The van der Waals surface area contributed by atoms with Gasteiger partial charge in [-0.25, -0.2) is 4.79 Å². The maximum atomic E-state index is 11.3. The summed E-state index contributed by atoms with van der Waals surface area (Å²) in [5.74, 6) is -0.323. The van der Waals surface area contributed by atoms with Crippen molar-refractivity contribution in [2.24, 2.45) is 5.92 Å². The third kappa shape index (κ3) is 4.91. The second kappa shape index (κ2) is 6.69. The van der Waals surface area contributed by atoms with Gasteiger partial charge in [0, 0.05) is 6.08 Å². The molecule has 0 saturated heterocycles. The van der Waals surface area contributed by atoms with Crippen LogP contribution < -0.4 is 0 Å². The molecule has 0 spiro atoms. The second-order valence-corrected chi connectivity index (χ2v) is 4.43. The van der Waals surface area contributed by atoms with Crippen molar-refractivity contribution in [2.45, 2.75) is 20.3 Å². The second-order valence-electron chi connectivity index (χ2n) is 4.43. The molecule has 4 nitrogen and oxygen atoms in total. The Bertz CT molecular complexity index is 435. The fourth-order valence-electron chi connectivity index (χ4n) is 1.25. The maximum absolute atomic E-state index is 11.3. The van der Waals surface area contributed by atoms with Crippen molar-refractivity contribution in [1.82, 2.24) is 0 Å². The van der Waals surface area contributed by atoms with Crippen molar-refractivity contribution in [1.29, 1.82) is 0 Å². The number of carbonyl (C=O) groups excluding carboxylic acids is 1. The third-order valence-corrected chi connectivity index (χ3v) is 2.35. The molecule has 0 aliphatic heterocycles. The molecule has 0 aliphatic rings. The molecule has 0 saturated carbocycles. The number of ether oxygens (including phenoxy) is 1. The fourth-order valence-corrected chi connectivity index (χ4v) is 1.25. The molecule has 2 N–H and O–H groups in total. The number of esters is 1. The summed E-state index contributed by atoms with van der Waals surface area (Å²) in [6, 6.07) is 4.32. The molecule has 0 bridgehead atoms. The Labute approximate surface area is 107 Å². The van der Waals surface area contributed by atoms with E-state index in [2.05, 4.69) is 13.8 Å². The molecule has 0 atom stereocenters. The Morgan fingerprint density at radius 1 is 1.33 bits per heavy atom. The number of carbonyl (C=O) groups is 1. The summed E-state index contributed by atoms with van der Waals surface area (Å²) >= 11 is 0. The average Bonchev–Trinajstić information content (AvgIpc) is 2.30. The van der Waals surface area contributed by atoms with Crippen LogP contribution in [0, 0.1) is 5.92 Å². The summed E-state index contributed by atoms with van der Waals surface area (Å²) in [5.41, 5.74) is 0.617. The minimum absolute atomic E-state index is 0.188. The molecule has 4 heteroatoms. The quantitative estimate of drug-likeness (QED) is 0.479. The van der Waals surface area contributed by atoms with Crippen LogP contribution in [0.1, 0.15) is 25.8 Å². The van der Waals surface area contributed by atoms with Gasteiger partial charge in [0.15, 0.2) is 11.5 Å². The Balaban J connectivity index is 2.48. The van der Waals surface area contributed by atoms with E-state index in [9.17, 15) is 9.90 Å². The normalized spacial score (nSPS) is 11.1. The summed E-state index contributed by atoms with van der Waals surface area (Å²) < 4.78 is 4.99. The lowest BCUT2D eigenvalue weighted by molar-refractivity contribution is -0.137. The first-order chi connectivity index (χ1) is 8.49. The Hall–Kier alpha value is -1.97. The molecule has 0 aromatic heterocycles. The van der Waals surface area contributed by atoms with Crippen LogP contribution in [-0.4, -0.2) is 22.8 Å². The van der Waals surface area contributed by atoms with Crippen LogP contribution in [-0.2, 0) is 9.53 Å². The lowest BCUT2D eigenvalue weighted by Crippen LogP contribution is -2.04. The van der Waals surface area contributed by atoms with Crippen molar-refractivity contribution in [3.63, 3.8) is 0 Å². The first-order valence-corrected chi connectivity index (χ1v) is 5.86. The van der Waals surface area contributed by atoms with Gasteiger partial charge in [-0.2, -0.15) is 0 Å². The van der Waals surface area contributed by atoms with Crippen LogP contribution in [0.5, 0.6) is 11.5 Å². The Kier molecular flexibility index (Phi) is 5.24. The minimum Gasteiger partial charge on any atom is -0.504 e. The van der Waals surface area contributed by atoms with E-state index in [4.69, 9.17) is 9.84 Å². The Morgan fingerprint density at radius 2 is 2.06 bits per heavy atom. The summed E-state index contributed by atoms with van der Waals surface area (Å²) in [6.07, 6.45) is 3.66. The van der Waals surface area contributed by atoms with E-state index in [-0.39, 0.29) is 11.5 Å². The SMILES string of the molecule is CC(C)CCOC(=O)/C=C/c1ccc(O)c(O)c1. The molecular formula is C14H18O4. The summed E-state index contributed by atoms with van der Waals surface area (Å²) in [5, 5.41) is 18.4. The number of hydrogen-bond acceptors (Lipinski definition) is 4. The summed E-state index contributed by atoms with van der Waals surface area (Å²) in [6.45, 7) is 4.52. The highest BCUT2D eigenvalue weighted by atomic mass is 16.5. The molecule has 18 heavy (non-hydrogen) atoms. The minimum atomic E-state index is -0.414. The van der Waals surface area contributed by atoms with Gasteiger partial charge >= 0.3 is 5.97 Å². The van der Waals surface area contributed by atoms with Crippen LogP contribution >= 0.6 is 0 Å². The molecule has 98 valence electrons. The zero-order valence-electron chi connectivity index (χ0n) is 10.6. The molecule has 0 radical (unpaired) electrons. The fraction of sp³-hybridized carbons (Fsp3) is 0.357. The number of phenolic OH excluding ortho intramolecular Hbond substituents is 2. The number of rotatable bonds is 5. The van der Waals surface area contributed by atoms with Crippen LogP contribution in [0.2, 0.25) is 0 Å². The van der Waals surface area contributed by atoms with Crippen LogP contribution in [0.3, 0.4) is 0 Å². The number of benzene rings is 1. The van der Waals surface area contributed by atoms with Crippen molar-refractivity contribution in [2.75, 3.05) is 6.61 Å². The highest BCUT2D eigenvalue weighted by molar-refractivity contribution is 5.87. The average molecular weight is 250 g/mol. The van der Waals surface area contributed by atoms with Gasteiger partial charge in [0.25, 0.3) is 0 Å². The van der Waals surface area contributed by atoms with Crippen molar-refractivity contribution >= 4 is 12.0 Å². The summed E-state index contributed by atoms with van der Waals surface area (Å²) in [4.78, 5) is 11.3. The van der Waals surface area contributed by atoms with Gasteiger partial charge in [0.05, 0.1) is 6.61 Å². The van der Waals surface area contributed by atoms with Gasteiger partial charge in [0.2, 0.25) is 0 Å². The van der Waals surface area contributed by atoms with Gasteiger partial charge in [-0.05, 0) is 36.1 Å². The molecular weight excluding hydrogens is 232 g/mol. The monoisotopic (exact) mass is 250 g/mol. The van der Waals surface area contributed by atoms with E-state index in [1.807, 2.05) is 0 Å². The number of hydrogen-bond donors (Lipinski definition) is 2. The molecule has 1 aromatic rings. The standard InChI is InChI=1S/C14H18O4/c1-10(2)7-8-18-14(17)6-4-11-3-5-12(15)13(16)9-11/h3-6,9-10,15-16H,7-8H2,1-2H3/b6-4+. The van der Waals surface area contributed by atoms with E-state index in [1.165, 1.54) is 24.3 Å². The zero-order valence-corrected chi connectivity index (χ0v) is 10.6. The molecule has 0 amide bonds. The molecule has 0 heterocycles. The topological polar surface area (TPSA) is 66.8 Å². The van der Waals surface area contributed by atoms with Crippen LogP contribution in [0.25, 0.3) is 6.08 Å². The van der Waals surface area contributed by atoms with Gasteiger partial charge in [-0.1, -0.05) is 19.9 Å². The molecule has 1 aromatic carbocycles. The first kappa shape index (κ1) is 14.1. The molecule has 0 aliphatic carbocycles. The van der Waals surface area contributed by atoms with Crippen LogP contribution in [0.15, 0.2) is 24.3 Å². The van der Waals surface area contributed by atoms with Crippen molar-refractivity contribution < 1.29 is 19.7 Å². The molecule has 0 fully saturated rings. The van der Waals surface area contributed by atoms with E-state index >= 15 is 0 Å². The van der Waals surface area contributed by atoms with Crippen LogP contribution in [0.4, 0.5) is 0 Å². The maximum Gasteiger partial charge on any atom is 0.330 e. The van der Waals surface area contributed by atoms with Gasteiger partial charge in [-0.15, -0.1) is 0 Å². The van der Waals surface area contributed by atoms with Crippen molar-refractivity contribution in [3.8, 4) is 11.5 Å². The highest BCUT2D eigenvalue weighted by Crippen LogP contribution is 2.25. The smallest absolute Gasteiger partial charge is 0.330 e. The Morgan fingerprint density at radius 3 is 2.67 bits per heavy atom. The lowest BCUT2D eigenvalue weighted by atomic mass is 10.1. The van der Waals surface area contributed by atoms with Gasteiger partial charge in [0.1, 0.15) is 0 Å². The van der Waals surface area contributed by atoms with E-state index in [0.29, 0.717) is 18.1 Å². The van der Waals surface area contributed by atoms with E-state index < -0.39 is 5.97 Å². The number of aromatic hydroxyl groups is 2. The largest absolute Gasteiger partial charge is 0.504 e. The van der Waals surface area contributed by atoms with Crippen molar-refractivity contribution in [3.05, 3.63) is 29.8 Å². The molecule has 0 unspecified atom stereocenters. The zero-order chi connectivity index (χ0) is 13.5. The predicted molar refractivity (Wildman–Crippen MR) is 69.2 cm³/mol. The first-order valence-electron chi connectivity index (χ1n) is 5.86.